The Morgan fingerprint density at radius 1 is 1.44 bits per heavy atom. The van der Waals surface area contributed by atoms with E-state index in [-0.39, 0.29) is 5.82 Å². The molecule has 5 heteroatoms. The summed E-state index contributed by atoms with van der Waals surface area (Å²) >= 11 is 5.87. The molecule has 0 unspecified atom stereocenters. The molecule has 0 aliphatic carbocycles. The van der Waals surface area contributed by atoms with Gasteiger partial charge in [0.2, 0.25) is 0 Å². The fourth-order valence-corrected chi connectivity index (χ4v) is 1.96. The zero-order valence-corrected chi connectivity index (χ0v) is 10.9. The molecule has 1 aromatic heterocycles. The van der Waals surface area contributed by atoms with Crippen molar-refractivity contribution in [1.29, 1.82) is 0 Å². The largest absolute Gasteiger partial charge is 0.383 e. The van der Waals surface area contributed by atoms with Gasteiger partial charge in [0, 0.05) is 17.1 Å². The zero-order chi connectivity index (χ0) is 13.1. The van der Waals surface area contributed by atoms with Gasteiger partial charge >= 0.3 is 0 Å². The fraction of sp³-hybridized carbons (Fsp3) is 0.308. The quantitative estimate of drug-likeness (QED) is 0.917. The lowest BCUT2D eigenvalue weighted by molar-refractivity contribution is 0.630. The number of aryl methyl sites for hydroxylation is 1. The van der Waals surface area contributed by atoms with Crippen LogP contribution in [-0.2, 0) is 6.54 Å². The Balaban J connectivity index is 2.39. The highest BCUT2D eigenvalue weighted by molar-refractivity contribution is 6.30. The second-order valence-corrected chi connectivity index (χ2v) is 4.59. The highest BCUT2D eigenvalue weighted by atomic mass is 35.5. The van der Waals surface area contributed by atoms with Crippen molar-refractivity contribution in [1.82, 2.24) is 9.55 Å². The second kappa shape index (κ2) is 5.40. The van der Waals surface area contributed by atoms with Crippen LogP contribution in [0.15, 0.2) is 24.5 Å². The molecule has 0 bridgehead atoms. The number of nitrogens with two attached hydrogens (primary N) is 1. The van der Waals surface area contributed by atoms with Gasteiger partial charge in [-0.05, 0) is 24.6 Å². The van der Waals surface area contributed by atoms with E-state index in [0.717, 1.165) is 19.4 Å². The van der Waals surface area contributed by atoms with Gasteiger partial charge in [-0.15, -0.1) is 0 Å². The molecular weight excluding hydrogens is 253 g/mol. The van der Waals surface area contributed by atoms with Crippen molar-refractivity contribution in [2.75, 3.05) is 5.73 Å². The van der Waals surface area contributed by atoms with Crippen LogP contribution in [0.25, 0.3) is 11.3 Å². The van der Waals surface area contributed by atoms with Gasteiger partial charge in [-0.25, -0.2) is 9.37 Å². The number of benzene rings is 1. The van der Waals surface area contributed by atoms with Gasteiger partial charge in [0.15, 0.2) is 0 Å². The summed E-state index contributed by atoms with van der Waals surface area (Å²) in [6.45, 7) is 2.89. The Morgan fingerprint density at radius 2 is 2.22 bits per heavy atom. The molecule has 2 aromatic rings. The smallest absolute Gasteiger partial charge is 0.132 e. The van der Waals surface area contributed by atoms with Crippen LogP contribution in [-0.4, -0.2) is 9.55 Å². The van der Waals surface area contributed by atoms with Crippen molar-refractivity contribution in [3.05, 3.63) is 35.4 Å². The van der Waals surface area contributed by atoms with Crippen molar-refractivity contribution < 1.29 is 4.39 Å². The fourth-order valence-electron chi connectivity index (χ4n) is 1.78. The molecule has 1 heterocycles. The number of hydrogen-bond acceptors (Lipinski definition) is 2. The van der Waals surface area contributed by atoms with E-state index in [1.807, 2.05) is 4.57 Å². The molecule has 0 amide bonds. The highest BCUT2D eigenvalue weighted by Gasteiger charge is 2.14. The third-order valence-corrected chi connectivity index (χ3v) is 3.05. The zero-order valence-electron chi connectivity index (χ0n) is 10.2. The molecule has 1 aromatic carbocycles. The summed E-state index contributed by atoms with van der Waals surface area (Å²) in [4.78, 5) is 4.18. The molecule has 2 N–H and O–H groups in total. The Hall–Kier alpha value is -1.55. The van der Waals surface area contributed by atoms with E-state index in [1.54, 1.807) is 12.4 Å². The topological polar surface area (TPSA) is 43.8 Å². The summed E-state index contributed by atoms with van der Waals surface area (Å²) in [6, 6.07) is 4.37. The van der Waals surface area contributed by atoms with Crippen molar-refractivity contribution >= 4 is 17.4 Å². The van der Waals surface area contributed by atoms with Gasteiger partial charge in [-0.3, -0.25) is 0 Å². The van der Waals surface area contributed by atoms with Crippen LogP contribution in [0, 0.1) is 5.82 Å². The van der Waals surface area contributed by atoms with Gasteiger partial charge in [-0.2, -0.15) is 0 Å². The number of halogens is 2. The number of anilines is 1. The molecule has 0 radical (unpaired) electrons. The molecule has 0 spiro atoms. The van der Waals surface area contributed by atoms with Crippen molar-refractivity contribution in [3.63, 3.8) is 0 Å². The van der Waals surface area contributed by atoms with E-state index in [0.29, 0.717) is 22.1 Å². The first-order chi connectivity index (χ1) is 8.63. The van der Waals surface area contributed by atoms with Crippen LogP contribution in [0.4, 0.5) is 10.2 Å². The average molecular weight is 268 g/mol. The number of unbranched alkanes of at least 4 members (excludes halogenated alkanes) is 1. The Labute approximate surface area is 110 Å². The summed E-state index contributed by atoms with van der Waals surface area (Å²) in [6.07, 6.45) is 3.72. The normalized spacial score (nSPS) is 10.8. The predicted octanol–water partition coefficient (Wildman–Crippen LogP) is 3.72. The van der Waals surface area contributed by atoms with Crippen molar-refractivity contribution in [2.24, 2.45) is 0 Å². The molecule has 0 aliphatic rings. The van der Waals surface area contributed by atoms with Crippen LogP contribution in [0.5, 0.6) is 0 Å². The standard InChI is InChI=1S/C13H15ClFN3/c1-2-3-6-18-8-17-12(13(18)16)10-7-9(14)4-5-11(10)15/h4-5,7-8H,2-3,6,16H2,1H3. The van der Waals surface area contributed by atoms with E-state index in [1.165, 1.54) is 12.1 Å². The minimum Gasteiger partial charge on any atom is -0.383 e. The summed E-state index contributed by atoms with van der Waals surface area (Å²) in [5, 5.41) is 0.467. The third kappa shape index (κ3) is 2.48. The lowest BCUT2D eigenvalue weighted by Gasteiger charge is -2.05. The van der Waals surface area contributed by atoms with Gasteiger partial charge in [0.1, 0.15) is 17.3 Å². The van der Waals surface area contributed by atoms with Crippen LogP contribution in [0.2, 0.25) is 5.02 Å². The SMILES string of the molecule is CCCCn1cnc(-c2cc(Cl)ccc2F)c1N. The monoisotopic (exact) mass is 267 g/mol. The molecular formula is C13H15ClFN3. The Bertz CT molecular complexity index is 551. The number of nitrogen functional groups attached to an aromatic ring is 1. The summed E-state index contributed by atoms with van der Waals surface area (Å²) < 4.78 is 15.6. The maximum atomic E-state index is 13.7. The molecule has 18 heavy (non-hydrogen) atoms. The maximum absolute atomic E-state index is 13.7. The summed E-state index contributed by atoms with van der Waals surface area (Å²) in [5.41, 5.74) is 6.78. The third-order valence-electron chi connectivity index (χ3n) is 2.81. The average Bonchev–Trinajstić information content (AvgIpc) is 2.71. The van der Waals surface area contributed by atoms with E-state index < -0.39 is 0 Å². The van der Waals surface area contributed by atoms with E-state index in [4.69, 9.17) is 17.3 Å². The number of hydrogen-bond donors (Lipinski definition) is 1. The molecule has 2 rings (SSSR count). The second-order valence-electron chi connectivity index (χ2n) is 4.15. The van der Waals surface area contributed by atoms with Gasteiger partial charge in [-0.1, -0.05) is 24.9 Å². The lowest BCUT2D eigenvalue weighted by Crippen LogP contribution is -2.02. The van der Waals surface area contributed by atoms with Crippen LogP contribution in [0.3, 0.4) is 0 Å². The molecule has 0 saturated carbocycles. The molecule has 96 valence electrons. The number of aromatic nitrogens is 2. The molecule has 0 aliphatic heterocycles. The molecule has 0 atom stereocenters. The van der Waals surface area contributed by atoms with Crippen LogP contribution in [0.1, 0.15) is 19.8 Å². The van der Waals surface area contributed by atoms with E-state index in [2.05, 4.69) is 11.9 Å². The maximum Gasteiger partial charge on any atom is 0.132 e. The van der Waals surface area contributed by atoms with Crippen LogP contribution < -0.4 is 5.73 Å². The van der Waals surface area contributed by atoms with Crippen LogP contribution >= 0.6 is 11.6 Å². The first kappa shape index (κ1) is 12.9. The number of imidazole rings is 1. The first-order valence-corrected chi connectivity index (χ1v) is 6.27. The Morgan fingerprint density at radius 3 is 2.94 bits per heavy atom. The summed E-state index contributed by atoms with van der Waals surface area (Å²) in [7, 11) is 0. The molecule has 3 nitrogen and oxygen atoms in total. The summed E-state index contributed by atoms with van der Waals surface area (Å²) in [5.74, 6) is 0.108. The predicted molar refractivity (Wildman–Crippen MR) is 72.0 cm³/mol. The van der Waals surface area contributed by atoms with Gasteiger partial charge in [0.05, 0.1) is 6.33 Å². The molecule has 0 fully saturated rings. The minimum absolute atomic E-state index is 0.343. The van der Waals surface area contributed by atoms with Crippen molar-refractivity contribution in [3.8, 4) is 11.3 Å². The Kier molecular flexibility index (Phi) is 3.87. The van der Waals surface area contributed by atoms with E-state index >= 15 is 0 Å². The highest BCUT2D eigenvalue weighted by Crippen LogP contribution is 2.29. The number of nitrogens with zero attached hydrogens (tertiary/aromatic N) is 2. The van der Waals surface area contributed by atoms with Gasteiger partial charge in [0.25, 0.3) is 0 Å². The van der Waals surface area contributed by atoms with E-state index in [9.17, 15) is 4.39 Å². The number of rotatable bonds is 4. The first-order valence-electron chi connectivity index (χ1n) is 5.89. The van der Waals surface area contributed by atoms with Crippen molar-refractivity contribution in [2.45, 2.75) is 26.3 Å². The minimum atomic E-state index is -0.369. The lowest BCUT2D eigenvalue weighted by atomic mass is 10.1. The van der Waals surface area contributed by atoms with Gasteiger partial charge < -0.3 is 10.3 Å². The molecule has 0 saturated heterocycles.